The number of hydrogen-bond acceptors (Lipinski definition) is 7. The van der Waals surface area contributed by atoms with Gasteiger partial charge in [-0.1, -0.05) is 34.3 Å². The zero-order valence-electron chi connectivity index (χ0n) is 19.9. The molecule has 2 saturated heterocycles. The highest BCUT2D eigenvalue weighted by Gasteiger charge is 2.73. The predicted molar refractivity (Wildman–Crippen MR) is 114 cm³/mol. The molecule has 1 spiro atoms. The third-order valence-corrected chi connectivity index (χ3v) is 9.50. The Hall–Kier alpha value is -2.02. The van der Waals surface area contributed by atoms with E-state index in [1.807, 2.05) is 20.8 Å². The fourth-order valence-corrected chi connectivity index (χ4v) is 7.55. The molecule has 7 atom stereocenters. The molecular weight excluding hydrogens is 412 g/mol. The van der Waals surface area contributed by atoms with E-state index in [-0.39, 0.29) is 48.6 Å². The number of ketones is 2. The van der Waals surface area contributed by atoms with E-state index in [1.165, 1.54) is 14.0 Å². The van der Waals surface area contributed by atoms with Crippen LogP contribution in [0.3, 0.4) is 0 Å². The van der Waals surface area contributed by atoms with E-state index < -0.39 is 40.0 Å². The highest BCUT2D eigenvalue weighted by molar-refractivity contribution is 5.88. The Labute approximate surface area is 189 Å². The summed E-state index contributed by atoms with van der Waals surface area (Å²) in [5.41, 5.74) is -2.31. The van der Waals surface area contributed by atoms with Gasteiger partial charge in [0.1, 0.15) is 11.4 Å². The number of carbonyl (C=O) groups excluding carboxylic acids is 4. The minimum Gasteiger partial charge on any atom is -0.469 e. The van der Waals surface area contributed by atoms with Gasteiger partial charge in [0.25, 0.3) is 0 Å². The normalized spacial score (nSPS) is 44.8. The predicted octanol–water partition coefficient (Wildman–Crippen LogP) is 3.19. The van der Waals surface area contributed by atoms with Crippen LogP contribution in [-0.2, 0) is 33.4 Å². The molecule has 2 aliphatic heterocycles. The second kappa shape index (κ2) is 6.99. The van der Waals surface area contributed by atoms with Crippen molar-refractivity contribution in [2.45, 2.75) is 84.5 Å². The molecule has 0 aromatic heterocycles. The summed E-state index contributed by atoms with van der Waals surface area (Å²) in [7, 11) is 1.35. The van der Waals surface area contributed by atoms with Crippen molar-refractivity contribution in [2.24, 2.45) is 28.1 Å². The molecular formula is C25H34O7. The Morgan fingerprint density at radius 1 is 1.19 bits per heavy atom. The first-order valence-corrected chi connectivity index (χ1v) is 11.4. The van der Waals surface area contributed by atoms with Gasteiger partial charge in [-0.15, -0.1) is 0 Å². The molecule has 176 valence electrons. The van der Waals surface area contributed by atoms with Crippen molar-refractivity contribution in [3.05, 3.63) is 12.2 Å². The van der Waals surface area contributed by atoms with Crippen LogP contribution >= 0.6 is 0 Å². The summed E-state index contributed by atoms with van der Waals surface area (Å²) in [5, 5.41) is 0. The second-order valence-electron chi connectivity index (χ2n) is 11.2. The van der Waals surface area contributed by atoms with Gasteiger partial charge in [-0.3, -0.25) is 19.2 Å². The number of hydrogen-bond donors (Lipinski definition) is 0. The van der Waals surface area contributed by atoms with E-state index in [1.54, 1.807) is 0 Å². The first-order valence-electron chi connectivity index (χ1n) is 11.4. The van der Waals surface area contributed by atoms with E-state index in [0.717, 1.165) is 12.0 Å². The lowest BCUT2D eigenvalue weighted by Crippen LogP contribution is -2.74. The highest BCUT2D eigenvalue weighted by Crippen LogP contribution is 2.70. The van der Waals surface area contributed by atoms with Crippen LogP contribution in [0.5, 0.6) is 0 Å². The number of esters is 2. The van der Waals surface area contributed by atoms with Crippen LogP contribution < -0.4 is 0 Å². The van der Waals surface area contributed by atoms with Crippen LogP contribution in [0.1, 0.15) is 66.7 Å². The topological polar surface area (TPSA) is 96.0 Å². The molecule has 2 heterocycles. The van der Waals surface area contributed by atoms with Crippen LogP contribution in [0.25, 0.3) is 0 Å². The lowest BCUT2D eigenvalue weighted by molar-refractivity contribution is -0.293. The average molecular weight is 447 g/mol. The lowest BCUT2D eigenvalue weighted by Gasteiger charge is -2.70. The van der Waals surface area contributed by atoms with E-state index in [9.17, 15) is 19.2 Å². The Balaban J connectivity index is 1.86. The molecule has 2 saturated carbocycles. The zero-order valence-corrected chi connectivity index (χ0v) is 19.9. The minimum atomic E-state index is -1.07. The van der Waals surface area contributed by atoms with Crippen molar-refractivity contribution < 1.29 is 33.4 Å². The number of carbonyl (C=O) groups is 4. The number of fused-ring (bicyclic) bond motifs is 3. The van der Waals surface area contributed by atoms with Crippen LogP contribution in [0.4, 0.5) is 0 Å². The van der Waals surface area contributed by atoms with Crippen molar-refractivity contribution in [2.75, 3.05) is 7.11 Å². The summed E-state index contributed by atoms with van der Waals surface area (Å²) >= 11 is 0. The number of methoxy groups -OCH3 is 1. The van der Waals surface area contributed by atoms with Crippen LogP contribution in [0, 0.1) is 28.1 Å². The maximum Gasteiger partial charge on any atom is 0.309 e. The summed E-state index contributed by atoms with van der Waals surface area (Å²) in [6.45, 7) is 13.7. The molecule has 4 aliphatic rings. The quantitative estimate of drug-likeness (QED) is 0.485. The van der Waals surface area contributed by atoms with Crippen molar-refractivity contribution in [3.8, 4) is 0 Å². The second-order valence-corrected chi connectivity index (χ2v) is 11.2. The van der Waals surface area contributed by atoms with Gasteiger partial charge in [-0.05, 0) is 37.2 Å². The van der Waals surface area contributed by atoms with E-state index >= 15 is 0 Å². The molecule has 7 heteroatoms. The number of cyclic esters (lactones) is 1. The summed E-state index contributed by atoms with van der Waals surface area (Å²) < 4.78 is 17.3. The molecule has 32 heavy (non-hydrogen) atoms. The van der Waals surface area contributed by atoms with E-state index in [4.69, 9.17) is 14.2 Å². The fraction of sp³-hybridized carbons (Fsp3) is 0.760. The molecule has 0 amide bonds. The van der Waals surface area contributed by atoms with Crippen molar-refractivity contribution in [1.82, 2.24) is 0 Å². The lowest BCUT2D eigenvalue weighted by atomic mass is 9.41. The molecule has 2 aliphatic carbocycles. The fourth-order valence-electron chi connectivity index (χ4n) is 7.55. The monoisotopic (exact) mass is 446 g/mol. The molecule has 7 nitrogen and oxygen atoms in total. The number of rotatable bonds is 3. The molecule has 0 aromatic rings. The van der Waals surface area contributed by atoms with Gasteiger partial charge in [-0.2, -0.15) is 0 Å². The van der Waals surface area contributed by atoms with Crippen molar-refractivity contribution in [3.63, 3.8) is 0 Å². The molecule has 0 radical (unpaired) electrons. The Bertz CT molecular complexity index is 919. The average Bonchev–Trinajstić information content (AvgIpc) is 2.70. The Kier molecular flexibility index (Phi) is 5.06. The van der Waals surface area contributed by atoms with Crippen molar-refractivity contribution in [1.29, 1.82) is 0 Å². The summed E-state index contributed by atoms with van der Waals surface area (Å²) in [4.78, 5) is 50.8. The summed E-state index contributed by atoms with van der Waals surface area (Å²) in [6.07, 6.45) is 0.222. The standard InChI is InChI=1S/C25H34O7/c1-13-15-8-9-23(5)21(14(2)26)31-20(29)12-25(13,23)32-18-11-17(27)22(3,4)16(24(15,18)6)10-19(28)30-7/h15-16,18,21H,1,8-12H2,2-7H3/t15-,16+,18+,21+,23+,24-,25-/m1/s1. The molecule has 2 bridgehead atoms. The van der Waals surface area contributed by atoms with Gasteiger partial charge in [-0.25, -0.2) is 0 Å². The molecule has 0 N–H and O–H groups in total. The van der Waals surface area contributed by atoms with Gasteiger partial charge < -0.3 is 14.2 Å². The van der Waals surface area contributed by atoms with Gasteiger partial charge >= 0.3 is 11.9 Å². The largest absolute Gasteiger partial charge is 0.469 e. The summed E-state index contributed by atoms with van der Waals surface area (Å²) in [5.74, 6) is -1.40. The van der Waals surface area contributed by atoms with E-state index in [2.05, 4.69) is 13.5 Å². The van der Waals surface area contributed by atoms with Crippen molar-refractivity contribution >= 4 is 23.5 Å². The number of ether oxygens (including phenoxy) is 3. The van der Waals surface area contributed by atoms with Crippen LogP contribution in [-0.4, -0.2) is 48.4 Å². The van der Waals surface area contributed by atoms with Gasteiger partial charge in [0.05, 0.1) is 19.6 Å². The summed E-state index contributed by atoms with van der Waals surface area (Å²) in [6, 6.07) is 0. The Morgan fingerprint density at radius 3 is 2.44 bits per heavy atom. The van der Waals surface area contributed by atoms with Gasteiger partial charge in [0, 0.05) is 29.1 Å². The smallest absolute Gasteiger partial charge is 0.309 e. The zero-order chi connectivity index (χ0) is 23.9. The van der Waals surface area contributed by atoms with Crippen LogP contribution in [0.2, 0.25) is 0 Å². The third kappa shape index (κ3) is 2.69. The first kappa shape index (κ1) is 23.1. The van der Waals surface area contributed by atoms with Gasteiger partial charge in [0.2, 0.25) is 0 Å². The SMILES string of the molecule is C=C1[C@H]2CC[C@@]3(C)[C@H](C(C)=O)OC(=O)C[C@@]13O[C@H]1CC(=O)C(C)(C)[C@H](CC(=O)OC)[C@]12C. The van der Waals surface area contributed by atoms with Crippen LogP contribution in [0.15, 0.2) is 12.2 Å². The molecule has 0 aromatic carbocycles. The van der Waals surface area contributed by atoms with Gasteiger partial charge in [0.15, 0.2) is 11.9 Å². The Morgan fingerprint density at radius 2 is 1.84 bits per heavy atom. The highest BCUT2D eigenvalue weighted by atomic mass is 16.6. The maximum atomic E-state index is 13.3. The third-order valence-electron chi connectivity index (χ3n) is 9.50. The molecule has 0 unspecified atom stereocenters. The molecule has 4 rings (SSSR count). The first-order chi connectivity index (χ1) is 14.8. The van der Waals surface area contributed by atoms with E-state index in [0.29, 0.717) is 6.42 Å². The number of Topliss-reactive ketones (excluding diaryl/α,β-unsaturated/α-hetero) is 2. The molecule has 4 fully saturated rings. The maximum absolute atomic E-state index is 13.3. The minimum absolute atomic E-state index is 0.0194.